The molecular weight excluding hydrogens is 524 g/mol. The lowest BCUT2D eigenvalue weighted by atomic mass is 9.76. The number of ether oxygens (including phenoxy) is 3. The fourth-order valence-electron chi connectivity index (χ4n) is 5.63. The number of benzene rings is 2. The molecule has 2 aromatic carbocycles. The van der Waals surface area contributed by atoms with Crippen molar-refractivity contribution < 1.29 is 23.8 Å². The van der Waals surface area contributed by atoms with Gasteiger partial charge in [0, 0.05) is 40.9 Å². The number of nitrogens with zero attached hydrogens (tertiary/aromatic N) is 1. The number of thiol groups is 1. The van der Waals surface area contributed by atoms with Crippen molar-refractivity contribution in [3.63, 3.8) is 0 Å². The molecule has 2 aromatic rings. The average Bonchev–Trinajstić information content (AvgIpc) is 3.14. The number of piperidine rings is 1. The third kappa shape index (κ3) is 7.73. The highest BCUT2D eigenvalue weighted by Gasteiger charge is 2.49. The molecular formula is C29H37ClN2O5S. The Balaban J connectivity index is 1.24. The molecule has 9 heteroatoms. The molecule has 2 aliphatic rings. The molecule has 206 valence electrons. The average molecular weight is 561 g/mol. The number of carbonyl (C=O) groups is 2. The van der Waals surface area contributed by atoms with E-state index in [9.17, 15) is 9.59 Å². The molecule has 0 saturated carbocycles. The number of hydrogen-bond acceptors (Lipinski definition) is 7. The SMILES string of the molecule is CN1[C@@H]2CC[C@H]1C(c1ccc(Cl)cc1)C(C(=O)OCCc1ccc(NC(=O)COCCOCCS)cc1)C2. The van der Waals surface area contributed by atoms with Gasteiger partial charge < -0.3 is 19.5 Å². The number of fused-ring (bicyclic) bond motifs is 2. The van der Waals surface area contributed by atoms with Crippen LogP contribution in [-0.4, -0.2) is 74.7 Å². The van der Waals surface area contributed by atoms with E-state index in [1.54, 1.807) is 0 Å². The predicted molar refractivity (Wildman–Crippen MR) is 152 cm³/mol. The van der Waals surface area contributed by atoms with Crippen molar-refractivity contribution in [3.05, 3.63) is 64.7 Å². The lowest BCUT2D eigenvalue weighted by molar-refractivity contribution is -0.152. The third-order valence-electron chi connectivity index (χ3n) is 7.54. The van der Waals surface area contributed by atoms with Crippen molar-refractivity contribution >= 4 is 41.8 Å². The molecule has 4 rings (SSSR count). The van der Waals surface area contributed by atoms with Gasteiger partial charge in [0.1, 0.15) is 6.61 Å². The first kappa shape index (κ1) is 28.9. The summed E-state index contributed by atoms with van der Waals surface area (Å²) in [7, 11) is 2.17. The minimum Gasteiger partial charge on any atom is -0.465 e. The predicted octanol–water partition coefficient (Wildman–Crippen LogP) is 4.59. The smallest absolute Gasteiger partial charge is 0.309 e. The molecule has 7 nitrogen and oxygen atoms in total. The number of halogens is 1. The first-order valence-electron chi connectivity index (χ1n) is 13.3. The highest BCUT2D eigenvalue weighted by atomic mass is 35.5. The van der Waals surface area contributed by atoms with Gasteiger partial charge in [-0.25, -0.2) is 0 Å². The van der Waals surface area contributed by atoms with E-state index in [1.807, 2.05) is 48.5 Å². The molecule has 2 bridgehead atoms. The minimum atomic E-state index is -0.219. The Kier molecular flexibility index (Phi) is 10.9. The maximum absolute atomic E-state index is 13.3. The van der Waals surface area contributed by atoms with Gasteiger partial charge in [0.15, 0.2) is 0 Å². The fraction of sp³-hybridized carbons (Fsp3) is 0.517. The number of likely N-dealkylation sites (N-methyl/N-ethyl adjacent to an activating group) is 1. The van der Waals surface area contributed by atoms with Crippen LogP contribution in [0.3, 0.4) is 0 Å². The molecule has 0 aromatic heterocycles. The molecule has 0 radical (unpaired) electrons. The molecule has 2 heterocycles. The van der Waals surface area contributed by atoms with Crippen molar-refractivity contribution in [1.29, 1.82) is 0 Å². The Morgan fingerprint density at radius 1 is 1.00 bits per heavy atom. The molecule has 2 unspecified atom stereocenters. The lowest BCUT2D eigenvalue weighted by Gasteiger charge is -2.42. The van der Waals surface area contributed by atoms with Gasteiger partial charge in [0.25, 0.3) is 0 Å². The molecule has 38 heavy (non-hydrogen) atoms. The van der Waals surface area contributed by atoms with Crippen LogP contribution < -0.4 is 5.32 Å². The highest BCUT2D eigenvalue weighted by molar-refractivity contribution is 7.80. The van der Waals surface area contributed by atoms with Gasteiger partial charge >= 0.3 is 5.97 Å². The maximum atomic E-state index is 13.3. The molecule has 2 aliphatic heterocycles. The largest absolute Gasteiger partial charge is 0.465 e. The quantitative estimate of drug-likeness (QED) is 0.212. The van der Waals surface area contributed by atoms with E-state index in [1.165, 1.54) is 0 Å². The van der Waals surface area contributed by atoms with E-state index in [0.717, 1.165) is 30.4 Å². The maximum Gasteiger partial charge on any atom is 0.309 e. The molecule has 0 aliphatic carbocycles. The topological polar surface area (TPSA) is 77.1 Å². The number of amides is 1. The number of rotatable bonds is 13. The normalized spacial score (nSPS) is 22.8. The lowest BCUT2D eigenvalue weighted by Crippen LogP contribution is -2.48. The molecule has 1 N–H and O–H groups in total. The van der Waals surface area contributed by atoms with Crippen molar-refractivity contribution in [3.8, 4) is 0 Å². The Morgan fingerprint density at radius 2 is 1.74 bits per heavy atom. The number of carbonyl (C=O) groups excluding carboxylic acids is 2. The summed E-state index contributed by atoms with van der Waals surface area (Å²) in [6.45, 7) is 1.65. The van der Waals surface area contributed by atoms with Gasteiger partial charge in [-0.15, -0.1) is 0 Å². The van der Waals surface area contributed by atoms with Gasteiger partial charge in [0.2, 0.25) is 5.91 Å². The zero-order valence-electron chi connectivity index (χ0n) is 21.8. The van der Waals surface area contributed by atoms with E-state index < -0.39 is 0 Å². The van der Waals surface area contributed by atoms with Gasteiger partial charge in [-0.3, -0.25) is 14.5 Å². The molecule has 2 saturated heterocycles. The fourth-order valence-corrected chi connectivity index (χ4v) is 5.88. The molecule has 2 fully saturated rings. The van der Waals surface area contributed by atoms with Crippen LogP contribution in [0.1, 0.15) is 36.3 Å². The van der Waals surface area contributed by atoms with E-state index in [-0.39, 0.29) is 30.3 Å². The number of nitrogens with one attached hydrogen (secondary N) is 1. The summed E-state index contributed by atoms with van der Waals surface area (Å²) in [4.78, 5) is 27.7. The van der Waals surface area contributed by atoms with Crippen LogP contribution >= 0.6 is 24.2 Å². The van der Waals surface area contributed by atoms with Crippen molar-refractivity contribution in [2.24, 2.45) is 5.92 Å². The van der Waals surface area contributed by atoms with Crippen LogP contribution in [0.15, 0.2) is 48.5 Å². The first-order chi connectivity index (χ1) is 18.5. The summed E-state index contributed by atoms with van der Waals surface area (Å²) in [5.41, 5.74) is 2.88. The van der Waals surface area contributed by atoms with Gasteiger partial charge in [0.05, 0.1) is 32.3 Å². The first-order valence-corrected chi connectivity index (χ1v) is 14.3. The van der Waals surface area contributed by atoms with E-state index >= 15 is 0 Å². The van der Waals surface area contributed by atoms with Crippen LogP contribution in [0, 0.1) is 5.92 Å². The van der Waals surface area contributed by atoms with Crippen molar-refractivity contribution in [2.75, 3.05) is 51.2 Å². The summed E-state index contributed by atoms with van der Waals surface area (Å²) >= 11 is 10.2. The van der Waals surface area contributed by atoms with Crippen molar-refractivity contribution in [2.45, 2.75) is 43.7 Å². The third-order valence-corrected chi connectivity index (χ3v) is 7.97. The second-order valence-electron chi connectivity index (χ2n) is 9.93. The van der Waals surface area contributed by atoms with E-state index in [2.05, 4.69) is 29.9 Å². The number of esters is 1. The van der Waals surface area contributed by atoms with E-state index in [4.69, 9.17) is 25.8 Å². The highest BCUT2D eigenvalue weighted by Crippen LogP contribution is 2.47. The minimum absolute atomic E-state index is 0.0301. The zero-order valence-corrected chi connectivity index (χ0v) is 23.5. The summed E-state index contributed by atoms with van der Waals surface area (Å²) in [5.74, 6) is 0.274. The Labute approximate surface area is 235 Å². The standard InChI is InChI=1S/C29H37ClN2O5S/c1-32-24-10-11-26(32)28(21-4-6-22(30)7-5-21)25(18-24)29(34)37-13-12-20-2-8-23(9-3-20)31-27(33)19-36-15-14-35-16-17-38/h2-9,24-26,28,38H,10-19H2,1H3,(H,31,33)/t24-,25?,26+,28?/m1/s1. The Bertz CT molecular complexity index is 1050. The Hall–Kier alpha value is -2.10. The number of anilines is 1. The number of hydrogen-bond donors (Lipinski definition) is 2. The van der Waals surface area contributed by atoms with Crippen LogP contribution in [0.25, 0.3) is 0 Å². The Morgan fingerprint density at radius 3 is 2.47 bits per heavy atom. The summed E-state index contributed by atoms with van der Waals surface area (Å²) in [6, 6.07) is 16.2. The summed E-state index contributed by atoms with van der Waals surface area (Å²) < 4.78 is 16.4. The van der Waals surface area contributed by atoms with Crippen LogP contribution in [0.5, 0.6) is 0 Å². The van der Waals surface area contributed by atoms with Crippen LogP contribution in [0.4, 0.5) is 5.69 Å². The van der Waals surface area contributed by atoms with Gasteiger partial charge in [-0.1, -0.05) is 35.9 Å². The second-order valence-corrected chi connectivity index (χ2v) is 10.8. The zero-order chi connectivity index (χ0) is 26.9. The summed E-state index contributed by atoms with van der Waals surface area (Å²) in [5, 5.41) is 3.52. The molecule has 4 atom stereocenters. The monoisotopic (exact) mass is 560 g/mol. The molecule has 1 amide bonds. The van der Waals surface area contributed by atoms with Gasteiger partial charge in [-0.2, -0.15) is 12.6 Å². The summed E-state index contributed by atoms with van der Waals surface area (Å²) in [6.07, 6.45) is 3.65. The van der Waals surface area contributed by atoms with Crippen LogP contribution in [-0.2, 0) is 30.2 Å². The van der Waals surface area contributed by atoms with E-state index in [0.29, 0.717) is 61.4 Å². The van der Waals surface area contributed by atoms with Crippen LogP contribution in [0.2, 0.25) is 5.02 Å². The van der Waals surface area contributed by atoms with Gasteiger partial charge in [-0.05, 0) is 61.7 Å². The van der Waals surface area contributed by atoms with Crippen molar-refractivity contribution in [1.82, 2.24) is 4.90 Å². The second kappa shape index (κ2) is 14.3. The molecule has 0 spiro atoms.